The summed E-state index contributed by atoms with van der Waals surface area (Å²) in [5, 5.41) is 3.56. The van der Waals surface area contributed by atoms with Gasteiger partial charge in [0, 0.05) is 18.4 Å². The molecule has 4 nitrogen and oxygen atoms in total. The average Bonchev–Trinajstić information content (AvgIpc) is 2.64. The molecular weight excluding hydrogens is 238 g/mol. The lowest BCUT2D eigenvalue weighted by Crippen LogP contribution is -2.31. The molecule has 2 rings (SSSR count). The van der Waals surface area contributed by atoms with Gasteiger partial charge in [-0.05, 0) is 31.6 Å². The molecule has 0 spiro atoms. The van der Waals surface area contributed by atoms with Crippen LogP contribution in [0.15, 0.2) is 6.33 Å². The predicted molar refractivity (Wildman–Crippen MR) is 77.4 cm³/mol. The number of aromatic nitrogens is 2. The quantitative estimate of drug-likeness (QED) is 0.830. The smallest absolute Gasteiger partial charge is 0.133 e. The number of rotatable bonds is 5. The normalized spacial score (nSPS) is 16.8. The first-order valence-electron chi connectivity index (χ1n) is 7.30. The van der Waals surface area contributed by atoms with E-state index in [0.717, 1.165) is 18.7 Å². The molecule has 1 atom stereocenters. The number of hydrogen-bond acceptors (Lipinski definition) is 4. The van der Waals surface area contributed by atoms with E-state index in [-0.39, 0.29) is 0 Å². The summed E-state index contributed by atoms with van der Waals surface area (Å²) in [6, 6.07) is 0.298. The standard InChI is InChI=1S/C15H25N3O/c1-11(2)14(9-19-3)18-15-12-7-5-4-6-8-13(12)16-10-17-15/h10-11,14H,4-9H2,1-3H3,(H,16,17,18). The van der Waals surface area contributed by atoms with E-state index in [4.69, 9.17) is 4.74 Å². The molecule has 1 aromatic heterocycles. The molecule has 0 bridgehead atoms. The summed E-state index contributed by atoms with van der Waals surface area (Å²) < 4.78 is 5.30. The molecule has 1 aromatic rings. The van der Waals surface area contributed by atoms with Crippen LogP contribution in [0.3, 0.4) is 0 Å². The highest BCUT2D eigenvalue weighted by molar-refractivity contribution is 5.47. The molecule has 1 aliphatic carbocycles. The van der Waals surface area contributed by atoms with Gasteiger partial charge in [0.1, 0.15) is 12.1 Å². The third kappa shape index (κ3) is 3.66. The molecule has 1 aliphatic rings. The maximum atomic E-state index is 5.30. The molecule has 0 saturated carbocycles. The van der Waals surface area contributed by atoms with Gasteiger partial charge >= 0.3 is 0 Å². The number of nitrogens with one attached hydrogen (secondary N) is 1. The van der Waals surface area contributed by atoms with E-state index < -0.39 is 0 Å². The Labute approximate surface area is 116 Å². The number of aryl methyl sites for hydroxylation is 1. The summed E-state index contributed by atoms with van der Waals surface area (Å²) in [5.41, 5.74) is 2.55. The molecule has 0 amide bonds. The zero-order valence-electron chi connectivity index (χ0n) is 12.3. The zero-order valence-corrected chi connectivity index (χ0v) is 12.3. The van der Waals surface area contributed by atoms with Crippen LogP contribution in [0.4, 0.5) is 5.82 Å². The predicted octanol–water partition coefficient (Wildman–Crippen LogP) is 2.83. The van der Waals surface area contributed by atoms with Crippen LogP contribution in [0, 0.1) is 5.92 Å². The molecule has 0 radical (unpaired) electrons. The summed E-state index contributed by atoms with van der Waals surface area (Å²) >= 11 is 0. The number of nitrogens with zero attached hydrogens (tertiary/aromatic N) is 2. The Morgan fingerprint density at radius 1 is 1.21 bits per heavy atom. The van der Waals surface area contributed by atoms with Crippen LogP contribution in [-0.2, 0) is 17.6 Å². The zero-order chi connectivity index (χ0) is 13.7. The summed E-state index contributed by atoms with van der Waals surface area (Å²) in [6.07, 6.45) is 7.65. The minimum atomic E-state index is 0.298. The van der Waals surface area contributed by atoms with Crippen molar-refractivity contribution in [3.63, 3.8) is 0 Å². The second-order valence-electron chi connectivity index (χ2n) is 5.66. The van der Waals surface area contributed by atoms with Crippen LogP contribution in [0.1, 0.15) is 44.4 Å². The summed E-state index contributed by atoms with van der Waals surface area (Å²) in [4.78, 5) is 8.92. The molecule has 0 saturated heterocycles. The van der Waals surface area contributed by atoms with Crippen molar-refractivity contribution in [1.29, 1.82) is 0 Å². The number of ether oxygens (including phenoxy) is 1. The van der Waals surface area contributed by atoms with Crippen molar-refractivity contribution in [1.82, 2.24) is 9.97 Å². The van der Waals surface area contributed by atoms with Crippen LogP contribution >= 0.6 is 0 Å². The molecule has 0 fully saturated rings. The Bertz CT molecular complexity index is 406. The minimum absolute atomic E-state index is 0.298. The highest BCUT2D eigenvalue weighted by Gasteiger charge is 2.18. The van der Waals surface area contributed by atoms with Crippen LogP contribution < -0.4 is 5.32 Å². The fraction of sp³-hybridized carbons (Fsp3) is 0.733. The summed E-state index contributed by atoms with van der Waals surface area (Å²) in [5.74, 6) is 1.53. The molecule has 1 unspecified atom stereocenters. The SMILES string of the molecule is COCC(Nc1ncnc2c1CCCCC2)C(C)C. The Morgan fingerprint density at radius 2 is 2.00 bits per heavy atom. The highest BCUT2D eigenvalue weighted by Crippen LogP contribution is 2.25. The molecule has 0 aromatic carbocycles. The van der Waals surface area contributed by atoms with E-state index in [9.17, 15) is 0 Å². The van der Waals surface area contributed by atoms with Crippen molar-refractivity contribution in [3.05, 3.63) is 17.6 Å². The topological polar surface area (TPSA) is 47.0 Å². The lowest BCUT2D eigenvalue weighted by Gasteiger charge is -2.23. The third-order valence-electron chi connectivity index (χ3n) is 3.85. The number of methoxy groups -OCH3 is 1. The van der Waals surface area contributed by atoms with Crippen LogP contribution in [0.2, 0.25) is 0 Å². The third-order valence-corrected chi connectivity index (χ3v) is 3.85. The Kier molecular flexibility index (Phi) is 5.14. The lowest BCUT2D eigenvalue weighted by atomic mass is 10.0. The van der Waals surface area contributed by atoms with E-state index in [1.165, 1.54) is 30.5 Å². The van der Waals surface area contributed by atoms with E-state index >= 15 is 0 Å². The fourth-order valence-electron chi connectivity index (χ4n) is 2.58. The second-order valence-corrected chi connectivity index (χ2v) is 5.66. The van der Waals surface area contributed by atoms with Gasteiger partial charge in [0.15, 0.2) is 0 Å². The van der Waals surface area contributed by atoms with Crippen molar-refractivity contribution in [3.8, 4) is 0 Å². The lowest BCUT2D eigenvalue weighted by molar-refractivity contribution is 0.171. The van der Waals surface area contributed by atoms with Gasteiger partial charge in [0.05, 0.1) is 12.6 Å². The highest BCUT2D eigenvalue weighted by atomic mass is 16.5. The first-order chi connectivity index (χ1) is 9.22. The van der Waals surface area contributed by atoms with Gasteiger partial charge in [0.2, 0.25) is 0 Å². The van der Waals surface area contributed by atoms with E-state index in [2.05, 4.69) is 29.1 Å². The summed E-state index contributed by atoms with van der Waals surface area (Å²) in [7, 11) is 1.75. The minimum Gasteiger partial charge on any atom is -0.383 e. The number of hydrogen-bond donors (Lipinski definition) is 1. The molecule has 106 valence electrons. The van der Waals surface area contributed by atoms with Crippen molar-refractivity contribution in [2.45, 2.75) is 52.0 Å². The number of anilines is 1. The van der Waals surface area contributed by atoms with Crippen LogP contribution in [0.25, 0.3) is 0 Å². The fourth-order valence-corrected chi connectivity index (χ4v) is 2.58. The Morgan fingerprint density at radius 3 is 2.74 bits per heavy atom. The van der Waals surface area contributed by atoms with Crippen molar-refractivity contribution < 1.29 is 4.74 Å². The largest absolute Gasteiger partial charge is 0.383 e. The molecule has 0 aliphatic heterocycles. The van der Waals surface area contributed by atoms with Gasteiger partial charge in [-0.15, -0.1) is 0 Å². The molecule has 19 heavy (non-hydrogen) atoms. The maximum absolute atomic E-state index is 5.30. The first-order valence-corrected chi connectivity index (χ1v) is 7.30. The molecular formula is C15H25N3O. The van der Waals surface area contributed by atoms with Crippen LogP contribution in [0.5, 0.6) is 0 Å². The maximum Gasteiger partial charge on any atom is 0.133 e. The Hall–Kier alpha value is -1.16. The van der Waals surface area contributed by atoms with Crippen molar-refractivity contribution in [2.24, 2.45) is 5.92 Å². The second kappa shape index (κ2) is 6.85. The van der Waals surface area contributed by atoms with Gasteiger partial charge < -0.3 is 10.1 Å². The van der Waals surface area contributed by atoms with Crippen molar-refractivity contribution >= 4 is 5.82 Å². The summed E-state index contributed by atoms with van der Waals surface area (Å²) in [6.45, 7) is 5.11. The van der Waals surface area contributed by atoms with E-state index in [0.29, 0.717) is 18.6 Å². The van der Waals surface area contributed by atoms with Crippen molar-refractivity contribution in [2.75, 3.05) is 19.0 Å². The molecule has 1 N–H and O–H groups in total. The van der Waals surface area contributed by atoms with Crippen LogP contribution in [-0.4, -0.2) is 29.7 Å². The van der Waals surface area contributed by atoms with E-state index in [1.54, 1.807) is 13.4 Å². The van der Waals surface area contributed by atoms with Gasteiger partial charge in [-0.1, -0.05) is 20.3 Å². The van der Waals surface area contributed by atoms with Gasteiger partial charge in [0.25, 0.3) is 0 Å². The monoisotopic (exact) mass is 263 g/mol. The Balaban J connectivity index is 2.19. The molecule has 1 heterocycles. The molecule has 4 heteroatoms. The van der Waals surface area contributed by atoms with Gasteiger partial charge in [-0.3, -0.25) is 0 Å². The van der Waals surface area contributed by atoms with Gasteiger partial charge in [-0.2, -0.15) is 0 Å². The average molecular weight is 263 g/mol. The van der Waals surface area contributed by atoms with E-state index in [1.807, 2.05) is 0 Å². The number of fused-ring (bicyclic) bond motifs is 1. The van der Waals surface area contributed by atoms with Gasteiger partial charge in [-0.25, -0.2) is 9.97 Å². The first kappa shape index (κ1) is 14.3.